The van der Waals surface area contributed by atoms with Gasteiger partial charge < -0.3 is 9.63 Å². The number of benzene rings is 1. The van der Waals surface area contributed by atoms with E-state index in [0.717, 1.165) is 5.56 Å². The standard InChI is InChI=1S/C11H7N3O3/c1-6-4-7(5-12)2-3-8(6)10-13-9(11(15)16)14-17-10/h2-4H,1H3,(H,15,16). The molecule has 0 aliphatic heterocycles. The van der Waals surface area contributed by atoms with E-state index in [2.05, 4.69) is 10.1 Å². The average Bonchev–Trinajstić information content (AvgIpc) is 2.78. The topological polar surface area (TPSA) is 100 Å². The van der Waals surface area contributed by atoms with Crippen molar-refractivity contribution < 1.29 is 14.4 Å². The SMILES string of the molecule is Cc1cc(C#N)ccc1-c1nc(C(=O)O)no1. The highest BCUT2D eigenvalue weighted by Crippen LogP contribution is 2.22. The monoisotopic (exact) mass is 229 g/mol. The second kappa shape index (κ2) is 4.06. The molecule has 0 aliphatic rings. The van der Waals surface area contributed by atoms with Crippen LogP contribution in [0.25, 0.3) is 11.5 Å². The second-order valence-electron chi connectivity index (χ2n) is 3.37. The lowest BCUT2D eigenvalue weighted by atomic mass is 10.1. The van der Waals surface area contributed by atoms with Crippen molar-refractivity contribution in [2.45, 2.75) is 6.92 Å². The predicted molar refractivity (Wildman–Crippen MR) is 56.1 cm³/mol. The number of aromatic nitrogens is 2. The molecule has 0 aliphatic carbocycles. The molecule has 0 amide bonds. The van der Waals surface area contributed by atoms with Crippen LogP contribution in [0.5, 0.6) is 0 Å². The molecule has 1 N–H and O–H groups in total. The maximum absolute atomic E-state index is 10.6. The second-order valence-corrected chi connectivity index (χ2v) is 3.37. The number of nitrogens with zero attached hydrogens (tertiary/aromatic N) is 3. The van der Waals surface area contributed by atoms with Gasteiger partial charge in [-0.25, -0.2) is 4.79 Å². The summed E-state index contributed by atoms with van der Waals surface area (Å²) in [7, 11) is 0. The summed E-state index contributed by atoms with van der Waals surface area (Å²) in [6.45, 7) is 1.78. The fraction of sp³-hybridized carbons (Fsp3) is 0.0909. The van der Waals surface area contributed by atoms with Crippen LogP contribution in [0.3, 0.4) is 0 Å². The van der Waals surface area contributed by atoms with Gasteiger partial charge >= 0.3 is 5.97 Å². The fourth-order valence-electron chi connectivity index (χ4n) is 1.39. The molecular formula is C11H7N3O3. The van der Waals surface area contributed by atoms with Crippen LogP contribution in [-0.2, 0) is 0 Å². The molecule has 1 aromatic carbocycles. The molecule has 1 heterocycles. The Bertz CT molecular complexity index is 625. The lowest BCUT2D eigenvalue weighted by Gasteiger charge is -1.99. The van der Waals surface area contributed by atoms with Gasteiger partial charge in [-0.3, -0.25) is 0 Å². The van der Waals surface area contributed by atoms with Gasteiger partial charge in [0.2, 0.25) is 0 Å². The molecule has 1 aromatic heterocycles. The molecule has 0 bridgehead atoms. The van der Waals surface area contributed by atoms with Crippen LogP contribution < -0.4 is 0 Å². The highest BCUT2D eigenvalue weighted by molar-refractivity contribution is 5.83. The Balaban J connectivity index is 2.46. The van der Waals surface area contributed by atoms with Crippen LogP contribution in [0.1, 0.15) is 21.7 Å². The molecule has 0 saturated carbocycles. The van der Waals surface area contributed by atoms with Gasteiger partial charge in [-0.1, -0.05) is 0 Å². The van der Waals surface area contributed by atoms with Crippen LogP contribution in [0.15, 0.2) is 22.7 Å². The summed E-state index contributed by atoms with van der Waals surface area (Å²) < 4.78 is 4.84. The first-order chi connectivity index (χ1) is 8.11. The summed E-state index contributed by atoms with van der Waals surface area (Å²) in [6, 6.07) is 6.93. The van der Waals surface area contributed by atoms with E-state index in [1.165, 1.54) is 0 Å². The van der Waals surface area contributed by atoms with Crippen LogP contribution in [0.4, 0.5) is 0 Å². The fourth-order valence-corrected chi connectivity index (χ4v) is 1.39. The first-order valence-electron chi connectivity index (χ1n) is 4.70. The van der Waals surface area contributed by atoms with Crippen molar-refractivity contribution in [1.82, 2.24) is 10.1 Å². The van der Waals surface area contributed by atoms with Crippen molar-refractivity contribution in [2.75, 3.05) is 0 Å². The van der Waals surface area contributed by atoms with Crippen molar-refractivity contribution in [3.63, 3.8) is 0 Å². The van der Waals surface area contributed by atoms with Crippen LogP contribution in [-0.4, -0.2) is 21.2 Å². The van der Waals surface area contributed by atoms with Gasteiger partial charge in [-0.05, 0) is 35.8 Å². The van der Waals surface area contributed by atoms with E-state index < -0.39 is 5.97 Å². The highest BCUT2D eigenvalue weighted by Gasteiger charge is 2.15. The maximum atomic E-state index is 10.6. The van der Waals surface area contributed by atoms with Crippen molar-refractivity contribution in [1.29, 1.82) is 5.26 Å². The molecule has 0 spiro atoms. The van der Waals surface area contributed by atoms with Gasteiger partial charge in [-0.15, -0.1) is 0 Å². The van der Waals surface area contributed by atoms with Gasteiger partial charge in [0.15, 0.2) is 0 Å². The Labute approximate surface area is 96.1 Å². The third-order valence-electron chi connectivity index (χ3n) is 2.20. The van der Waals surface area contributed by atoms with E-state index >= 15 is 0 Å². The van der Waals surface area contributed by atoms with Crippen molar-refractivity contribution >= 4 is 5.97 Å². The lowest BCUT2D eigenvalue weighted by molar-refractivity contribution is 0.0680. The van der Waals surface area contributed by atoms with E-state index in [1.54, 1.807) is 25.1 Å². The van der Waals surface area contributed by atoms with Crippen molar-refractivity contribution in [3.8, 4) is 17.5 Å². The molecule has 0 unspecified atom stereocenters. The molecule has 2 aromatic rings. The normalized spacial score (nSPS) is 9.88. The minimum atomic E-state index is -1.24. The Morgan fingerprint density at radius 2 is 2.29 bits per heavy atom. The Morgan fingerprint density at radius 1 is 1.53 bits per heavy atom. The van der Waals surface area contributed by atoms with Gasteiger partial charge in [0.05, 0.1) is 11.6 Å². The van der Waals surface area contributed by atoms with E-state index in [0.29, 0.717) is 11.1 Å². The number of aromatic carboxylic acids is 1. The van der Waals surface area contributed by atoms with E-state index in [4.69, 9.17) is 14.9 Å². The largest absolute Gasteiger partial charge is 0.475 e. The minimum absolute atomic E-state index is 0.129. The smallest absolute Gasteiger partial charge is 0.377 e. The summed E-state index contributed by atoms with van der Waals surface area (Å²) in [6.07, 6.45) is 0. The van der Waals surface area contributed by atoms with Crippen LogP contribution in [0, 0.1) is 18.3 Å². The number of carboxylic acid groups (broad SMARTS) is 1. The molecule has 84 valence electrons. The summed E-state index contributed by atoms with van der Waals surface area (Å²) in [4.78, 5) is 14.3. The van der Waals surface area contributed by atoms with E-state index in [-0.39, 0.29) is 11.7 Å². The number of rotatable bonds is 2. The summed E-state index contributed by atoms with van der Waals surface area (Å²) in [5.41, 5.74) is 1.90. The molecular weight excluding hydrogens is 222 g/mol. The average molecular weight is 229 g/mol. The molecule has 0 radical (unpaired) electrons. The summed E-state index contributed by atoms with van der Waals surface area (Å²) in [5.74, 6) is -1.50. The maximum Gasteiger partial charge on any atom is 0.377 e. The van der Waals surface area contributed by atoms with E-state index in [1.807, 2.05) is 6.07 Å². The van der Waals surface area contributed by atoms with E-state index in [9.17, 15) is 4.79 Å². The van der Waals surface area contributed by atoms with Gasteiger partial charge in [-0.2, -0.15) is 10.2 Å². The molecule has 0 fully saturated rings. The number of carboxylic acids is 1. The molecule has 2 rings (SSSR count). The predicted octanol–water partition coefficient (Wildman–Crippen LogP) is 1.61. The zero-order valence-corrected chi connectivity index (χ0v) is 8.84. The first-order valence-corrected chi connectivity index (χ1v) is 4.70. The number of carbonyl (C=O) groups is 1. The van der Waals surface area contributed by atoms with Crippen LogP contribution >= 0.6 is 0 Å². The third kappa shape index (κ3) is 1.99. The van der Waals surface area contributed by atoms with Gasteiger partial charge in [0.1, 0.15) is 0 Å². The molecule has 6 nitrogen and oxygen atoms in total. The number of hydrogen-bond acceptors (Lipinski definition) is 5. The quantitative estimate of drug-likeness (QED) is 0.839. The minimum Gasteiger partial charge on any atom is -0.475 e. The first kappa shape index (κ1) is 10.8. The highest BCUT2D eigenvalue weighted by atomic mass is 16.5. The Morgan fingerprint density at radius 3 is 2.82 bits per heavy atom. The molecule has 0 atom stereocenters. The van der Waals surface area contributed by atoms with Gasteiger partial charge in [0.25, 0.3) is 11.7 Å². The summed E-state index contributed by atoms with van der Waals surface area (Å²) in [5, 5.41) is 20.7. The molecule has 6 heteroatoms. The molecule has 17 heavy (non-hydrogen) atoms. The lowest BCUT2D eigenvalue weighted by Crippen LogP contribution is -1.98. The number of aryl methyl sites for hydroxylation is 1. The zero-order chi connectivity index (χ0) is 12.4. The zero-order valence-electron chi connectivity index (χ0n) is 8.84. The van der Waals surface area contributed by atoms with Gasteiger partial charge in [0, 0.05) is 5.56 Å². The Hall–Kier alpha value is -2.68. The Kier molecular flexibility index (Phi) is 2.58. The number of nitriles is 1. The molecule has 0 saturated heterocycles. The summed E-state index contributed by atoms with van der Waals surface area (Å²) >= 11 is 0. The van der Waals surface area contributed by atoms with Crippen molar-refractivity contribution in [2.24, 2.45) is 0 Å². The number of hydrogen-bond donors (Lipinski definition) is 1. The van der Waals surface area contributed by atoms with Crippen LogP contribution in [0.2, 0.25) is 0 Å². The van der Waals surface area contributed by atoms with Crippen molar-refractivity contribution in [3.05, 3.63) is 35.2 Å². The third-order valence-corrected chi connectivity index (χ3v) is 2.20.